The number of hydrogen-bond donors (Lipinski definition) is 3. The van der Waals surface area contributed by atoms with Gasteiger partial charge in [-0.2, -0.15) is 8.78 Å². The molecule has 0 saturated carbocycles. The Kier molecular flexibility index (Phi) is 13.9. The molecule has 4 rings (SSSR count). The van der Waals surface area contributed by atoms with Gasteiger partial charge < -0.3 is 25.8 Å². The van der Waals surface area contributed by atoms with E-state index in [-0.39, 0.29) is 13.0 Å². The summed E-state index contributed by atoms with van der Waals surface area (Å²) in [6.45, 7) is 5.52. The van der Waals surface area contributed by atoms with E-state index in [0.717, 1.165) is 5.56 Å². The van der Waals surface area contributed by atoms with Crippen molar-refractivity contribution in [1.29, 1.82) is 0 Å². The predicted octanol–water partition coefficient (Wildman–Crippen LogP) is 4.89. The van der Waals surface area contributed by atoms with E-state index in [1.165, 1.54) is 13.8 Å². The third kappa shape index (κ3) is 10.7. The van der Waals surface area contributed by atoms with Crippen LogP contribution >= 0.6 is 23.2 Å². The molecule has 4 atom stereocenters. The minimum absolute atomic E-state index is 0.0774. The van der Waals surface area contributed by atoms with Gasteiger partial charge in [-0.25, -0.2) is 0 Å². The highest BCUT2D eigenvalue weighted by molar-refractivity contribution is 6.34. The summed E-state index contributed by atoms with van der Waals surface area (Å²) >= 11 is 12.5. The molecule has 3 aromatic carbocycles. The van der Waals surface area contributed by atoms with E-state index in [4.69, 9.17) is 38.4 Å². The number of carbonyl (C=O) groups excluding carboxylic acids is 3. The fraction of sp³-hybridized carbons (Fsp3) is 0.417. The van der Waals surface area contributed by atoms with Crippen LogP contribution in [-0.4, -0.2) is 86.0 Å². The van der Waals surface area contributed by atoms with E-state index < -0.39 is 53.5 Å². The van der Waals surface area contributed by atoms with Gasteiger partial charge in [0.15, 0.2) is 0 Å². The molecule has 3 aromatic rings. The zero-order valence-corrected chi connectivity index (χ0v) is 28.9. The Labute approximate surface area is 295 Å². The zero-order chi connectivity index (χ0) is 35.6. The number of benzene rings is 3. The number of ether oxygens (including phenoxy) is 2. The van der Waals surface area contributed by atoms with Gasteiger partial charge in [0.25, 0.3) is 5.91 Å². The maximum atomic E-state index is 15.4. The van der Waals surface area contributed by atoms with E-state index in [1.807, 2.05) is 35.2 Å². The average molecular weight is 720 g/mol. The molecule has 0 bridgehead atoms. The topological polar surface area (TPSA) is 123 Å². The number of nitrogens with two attached hydrogens (primary N) is 1. The largest absolute Gasteiger partial charge is 0.488 e. The van der Waals surface area contributed by atoms with Crippen LogP contribution in [0.5, 0.6) is 5.75 Å². The van der Waals surface area contributed by atoms with Crippen LogP contribution in [0.4, 0.5) is 8.78 Å². The van der Waals surface area contributed by atoms with Crippen LogP contribution in [0.15, 0.2) is 78.9 Å². The first kappa shape index (κ1) is 38.2. The quantitative estimate of drug-likeness (QED) is 0.180. The molecule has 1 aliphatic heterocycles. The zero-order valence-electron chi connectivity index (χ0n) is 27.4. The van der Waals surface area contributed by atoms with Gasteiger partial charge in [0, 0.05) is 42.6 Å². The first-order chi connectivity index (χ1) is 23.4. The first-order valence-corrected chi connectivity index (χ1v) is 16.9. The number of hydrogen-bond acceptors (Lipinski definition) is 7. The molecular formula is C36H42Cl2F2N4O5. The van der Waals surface area contributed by atoms with Crippen molar-refractivity contribution >= 4 is 40.8 Å². The van der Waals surface area contributed by atoms with Gasteiger partial charge in [0.1, 0.15) is 11.9 Å². The number of amides is 2. The lowest BCUT2D eigenvalue weighted by Crippen LogP contribution is -2.59. The van der Waals surface area contributed by atoms with Crippen molar-refractivity contribution in [1.82, 2.24) is 15.5 Å². The number of alkyl halides is 2. The lowest BCUT2D eigenvalue weighted by Gasteiger charge is -2.33. The van der Waals surface area contributed by atoms with Crippen LogP contribution in [0.3, 0.4) is 0 Å². The highest BCUT2D eigenvalue weighted by Gasteiger charge is 2.51. The summed E-state index contributed by atoms with van der Waals surface area (Å²) in [5, 5.41) is 5.35. The highest BCUT2D eigenvalue weighted by Crippen LogP contribution is 2.30. The monoisotopic (exact) mass is 718 g/mol. The third-order valence-corrected chi connectivity index (χ3v) is 8.75. The van der Waals surface area contributed by atoms with Gasteiger partial charge in [0.2, 0.25) is 11.7 Å². The average Bonchev–Trinajstić information content (AvgIpc) is 3.07. The van der Waals surface area contributed by atoms with Crippen LogP contribution in [0.2, 0.25) is 10.0 Å². The molecule has 0 spiro atoms. The van der Waals surface area contributed by atoms with Crippen molar-refractivity contribution in [3.05, 3.63) is 100 Å². The molecule has 4 N–H and O–H groups in total. The number of rotatable bonds is 16. The second-order valence-corrected chi connectivity index (χ2v) is 13.2. The molecule has 1 fully saturated rings. The molecule has 13 heteroatoms. The molecule has 1 saturated heterocycles. The van der Waals surface area contributed by atoms with E-state index >= 15 is 8.78 Å². The predicted molar refractivity (Wildman–Crippen MR) is 185 cm³/mol. The minimum Gasteiger partial charge on any atom is -0.488 e. The van der Waals surface area contributed by atoms with Crippen LogP contribution in [0.1, 0.15) is 30.9 Å². The van der Waals surface area contributed by atoms with E-state index in [2.05, 4.69) is 10.6 Å². The Hall–Kier alpha value is -3.61. The summed E-state index contributed by atoms with van der Waals surface area (Å²) in [5.41, 5.74) is 8.22. The molecule has 1 aliphatic rings. The minimum atomic E-state index is -4.40. The molecule has 264 valence electrons. The van der Waals surface area contributed by atoms with Crippen molar-refractivity contribution < 1.29 is 32.6 Å². The molecule has 0 aromatic heterocycles. The van der Waals surface area contributed by atoms with Crippen LogP contribution in [0, 0.1) is 5.92 Å². The number of halogens is 4. The van der Waals surface area contributed by atoms with Gasteiger partial charge in [-0.3, -0.25) is 19.3 Å². The van der Waals surface area contributed by atoms with Gasteiger partial charge in [-0.1, -0.05) is 97.7 Å². The molecule has 9 nitrogen and oxygen atoms in total. The van der Waals surface area contributed by atoms with Crippen LogP contribution < -0.4 is 21.1 Å². The van der Waals surface area contributed by atoms with Crippen molar-refractivity contribution in [2.75, 3.05) is 39.4 Å². The smallest absolute Gasteiger partial charge is 0.383 e. The SMILES string of the molecule is CC(C)[C@H](NC(=O)[C@@H](c1ccccc1)C(N)[C@@H](Cc1ccccc1)Oc1cc(Cl)cc(Cl)c1)C(=O)C(F)(F)C(=O)NCCN1CCOCC1. The lowest BCUT2D eigenvalue weighted by molar-refractivity contribution is -0.161. The van der Waals surface area contributed by atoms with E-state index in [1.54, 1.807) is 48.5 Å². The molecule has 2 amide bonds. The number of nitrogens with zero attached hydrogens (tertiary/aromatic N) is 1. The number of carbonyl (C=O) groups is 3. The summed E-state index contributed by atoms with van der Waals surface area (Å²) in [6.07, 6.45) is -0.586. The Morgan fingerprint density at radius 3 is 2.14 bits per heavy atom. The summed E-state index contributed by atoms with van der Waals surface area (Å²) in [6, 6.07) is 19.8. The number of ketones is 1. The molecule has 1 unspecified atom stereocenters. The summed E-state index contributed by atoms with van der Waals surface area (Å²) < 4.78 is 42.4. The van der Waals surface area contributed by atoms with Crippen molar-refractivity contribution in [3.63, 3.8) is 0 Å². The molecule has 0 aliphatic carbocycles. The van der Waals surface area contributed by atoms with Crippen LogP contribution in [0.25, 0.3) is 0 Å². The number of Topliss-reactive ketones (excluding diaryl/α,β-unsaturated/α-hetero) is 1. The molecule has 1 heterocycles. The molecular weight excluding hydrogens is 677 g/mol. The highest BCUT2D eigenvalue weighted by atomic mass is 35.5. The van der Waals surface area contributed by atoms with Gasteiger partial charge >= 0.3 is 5.92 Å². The molecule has 49 heavy (non-hydrogen) atoms. The maximum absolute atomic E-state index is 15.4. The van der Waals surface area contributed by atoms with Crippen molar-refractivity contribution in [2.24, 2.45) is 11.7 Å². The Morgan fingerprint density at radius 1 is 0.959 bits per heavy atom. The fourth-order valence-corrected chi connectivity index (χ4v) is 6.15. The Morgan fingerprint density at radius 2 is 1.55 bits per heavy atom. The molecule has 0 radical (unpaired) electrons. The van der Waals surface area contributed by atoms with E-state index in [9.17, 15) is 14.4 Å². The standard InChI is InChI=1S/C36H42Cl2F2N4O5/c1-23(2)32(33(45)36(39,40)35(47)42-13-14-44-15-17-48-18-16-44)43-34(46)30(25-11-7-4-8-12-25)31(41)29(19-24-9-5-3-6-10-24)49-28-21-26(37)20-27(38)22-28/h3-12,20-23,29-32H,13-19,41H2,1-2H3,(H,42,47)(H,43,46)/t29-,30+,31?,32+/m1/s1. The van der Waals surface area contributed by atoms with E-state index in [0.29, 0.717) is 54.2 Å². The fourth-order valence-electron chi connectivity index (χ4n) is 5.65. The van der Waals surface area contributed by atoms with Crippen LogP contribution in [-0.2, 0) is 25.5 Å². The first-order valence-electron chi connectivity index (χ1n) is 16.1. The van der Waals surface area contributed by atoms with Gasteiger partial charge in [0.05, 0.1) is 31.2 Å². The Balaban J connectivity index is 1.58. The second kappa shape index (κ2) is 17.9. The van der Waals surface area contributed by atoms with Gasteiger partial charge in [-0.15, -0.1) is 0 Å². The third-order valence-electron chi connectivity index (χ3n) is 8.32. The lowest BCUT2D eigenvalue weighted by atomic mass is 9.84. The number of morpholine rings is 1. The summed E-state index contributed by atoms with van der Waals surface area (Å²) in [5.74, 6) is -10.3. The number of nitrogens with one attached hydrogen (secondary N) is 2. The second-order valence-electron chi connectivity index (χ2n) is 12.3. The van der Waals surface area contributed by atoms with Crippen molar-refractivity contribution in [3.8, 4) is 5.75 Å². The summed E-state index contributed by atoms with van der Waals surface area (Å²) in [7, 11) is 0. The normalized spacial score (nSPS) is 16.3. The Bertz CT molecular complexity index is 1520. The van der Waals surface area contributed by atoms with Crippen molar-refractivity contribution in [2.45, 2.75) is 50.3 Å². The maximum Gasteiger partial charge on any atom is 0.383 e. The summed E-state index contributed by atoms with van der Waals surface area (Å²) in [4.78, 5) is 42.1. The van der Waals surface area contributed by atoms with Gasteiger partial charge in [-0.05, 0) is 35.2 Å².